The van der Waals surface area contributed by atoms with Gasteiger partial charge in [-0.1, -0.05) is 122 Å². The van der Waals surface area contributed by atoms with Crippen LogP contribution in [-0.2, 0) is 26.3 Å². The second-order valence-corrected chi connectivity index (χ2v) is 16.4. The van der Waals surface area contributed by atoms with Crippen molar-refractivity contribution in [1.29, 1.82) is 0 Å². The van der Waals surface area contributed by atoms with E-state index in [1.54, 1.807) is 0 Å². The fraction of sp³-hybridized carbons (Fsp3) is 0.132. The number of hydrogen-bond donors (Lipinski definition) is 0. The van der Waals surface area contributed by atoms with Crippen LogP contribution in [0.3, 0.4) is 0 Å². The largest absolute Gasteiger partial charge is 0.184 e. The molecule has 0 atom stereocenters. The maximum absolute atomic E-state index is 4.93. The first kappa shape index (κ1) is 30.8. The molecule has 6 aromatic rings. The molecule has 0 saturated heterocycles. The van der Waals surface area contributed by atoms with Gasteiger partial charge in [0.05, 0.1) is 9.52 Å². The number of benzene rings is 5. The maximum atomic E-state index is 4.93. The third-order valence-electron chi connectivity index (χ3n) is 7.59. The average molecular weight is 679 g/mol. The van der Waals surface area contributed by atoms with Crippen molar-refractivity contribution >= 4 is 47.7 Å². The molecule has 0 nitrogen and oxygen atoms in total. The predicted octanol–water partition coefficient (Wildman–Crippen LogP) is 10.00. The topological polar surface area (TPSA) is 0 Å². The Hall–Kier alpha value is -2.61. The molecule has 0 spiro atoms. The van der Waals surface area contributed by atoms with Gasteiger partial charge in [0.15, 0.2) is 0 Å². The van der Waals surface area contributed by atoms with Crippen LogP contribution in [0.5, 0.6) is 0 Å². The normalized spacial score (nSPS) is 11.4. The number of aryl methyl sites for hydroxylation is 1. The molecule has 0 N–H and O–H groups in total. The van der Waals surface area contributed by atoms with Crippen molar-refractivity contribution in [2.45, 2.75) is 33.1 Å². The van der Waals surface area contributed by atoms with E-state index >= 15 is 0 Å². The van der Waals surface area contributed by atoms with E-state index < -0.39 is 20.8 Å². The Morgan fingerprint density at radius 3 is 2.07 bits per heavy atom. The molecule has 7 rings (SSSR count). The molecule has 2 radical (unpaired) electrons. The number of rotatable bonds is 2. The zero-order valence-electron chi connectivity index (χ0n) is 24.3. The summed E-state index contributed by atoms with van der Waals surface area (Å²) in [7, 11) is 10.7. The van der Waals surface area contributed by atoms with E-state index in [0.29, 0.717) is 0 Å². The van der Waals surface area contributed by atoms with Crippen LogP contribution in [0.1, 0.15) is 31.9 Å². The van der Waals surface area contributed by atoms with E-state index in [4.69, 9.17) is 17.0 Å². The van der Waals surface area contributed by atoms with Crippen LogP contribution in [0.15, 0.2) is 121 Å². The number of halogens is 2. The van der Waals surface area contributed by atoms with E-state index in [1.807, 2.05) is 6.07 Å². The summed E-state index contributed by atoms with van der Waals surface area (Å²) in [6.07, 6.45) is 0. The Balaban J connectivity index is 0.000000183. The fourth-order valence-corrected chi connectivity index (χ4v) is 6.75. The average Bonchev–Trinajstić information content (AvgIpc) is 3.61. The molecule has 0 saturated carbocycles. The second-order valence-electron chi connectivity index (χ2n) is 11.4. The van der Waals surface area contributed by atoms with Crippen LogP contribution in [0.25, 0.3) is 44.2 Å². The first-order valence-electron chi connectivity index (χ1n) is 14.0. The molecule has 1 aliphatic heterocycles. The Kier molecular flexibility index (Phi) is 10.1. The van der Waals surface area contributed by atoms with Crippen molar-refractivity contribution < 1.29 is 20.8 Å². The maximum Gasteiger partial charge on any atom is 0.0920 e. The van der Waals surface area contributed by atoms with Crippen LogP contribution >= 0.6 is 17.0 Å². The molecular weight excluding hydrogens is 647 g/mol. The molecule has 0 amide bonds. The molecule has 6 aromatic carbocycles. The molecule has 0 bridgehead atoms. The van der Waals surface area contributed by atoms with E-state index in [0.717, 1.165) is 9.52 Å². The molecule has 42 heavy (non-hydrogen) atoms. The minimum Gasteiger partial charge on any atom is -0.184 e. The van der Waals surface area contributed by atoms with Gasteiger partial charge in [-0.3, -0.25) is 0 Å². The van der Waals surface area contributed by atoms with Gasteiger partial charge < -0.3 is 0 Å². The predicted molar refractivity (Wildman–Crippen MR) is 181 cm³/mol. The van der Waals surface area contributed by atoms with E-state index in [-0.39, 0.29) is 5.41 Å². The summed E-state index contributed by atoms with van der Waals surface area (Å²) < 4.78 is 0. The Labute approximate surface area is 271 Å². The van der Waals surface area contributed by atoms with Crippen molar-refractivity contribution in [2.75, 3.05) is 0 Å². The van der Waals surface area contributed by atoms with Gasteiger partial charge in [-0.2, -0.15) is 35.5 Å². The standard InChI is InChI=1S/C26H25.C12H7Si.2ClH.Zr/c1-18-10-8-9-13-22(18)25-23(19-11-6-5-7-12-19)15-14-20-16-21(17-24(20)25)26(2,3)4;1-3-7-11-9(5-1)10-6-2-4-8-12(10)13-11;;;/h5-17H,1-4H3;1-7H;2*1H;/q2*-1;;;+4/p-2. The van der Waals surface area contributed by atoms with Crippen LogP contribution in [0, 0.1) is 13.0 Å². The summed E-state index contributed by atoms with van der Waals surface area (Å²) in [6.45, 7) is 9.06. The molecule has 1 aliphatic rings. The molecule has 1 heterocycles. The van der Waals surface area contributed by atoms with Crippen LogP contribution in [0.4, 0.5) is 0 Å². The summed E-state index contributed by atoms with van der Waals surface area (Å²) in [5, 5.41) is 5.50. The molecule has 0 fully saturated rings. The number of hydrogen-bond acceptors (Lipinski definition) is 0. The summed E-state index contributed by atoms with van der Waals surface area (Å²) in [4.78, 5) is 0. The second kappa shape index (κ2) is 13.8. The zero-order valence-corrected chi connectivity index (χ0v) is 29.3. The van der Waals surface area contributed by atoms with Gasteiger partial charge in [0.25, 0.3) is 0 Å². The molecule has 0 aliphatic carbocycles. The zero-order chi connectivity index (χ0) is 29.7. The van der Waals surface area contributed by atoms with Gasteiger partial charge in [0, 0.05) is 0 Å². The van der Waals surface area contributed by atoms with E-state index in [1.165, 1.54) is 65.7 Å². The summed E-state index contributed by atoms with van der Waals surface area (Å²) in [6, 6.07) is 46.9. The third-order valence-corrected chi connectivity index (χ3v) is 8.96. The molecule has 0 unspecified atom stereocenters. The minimum absolute atomic E-state index is 0.148. The Morgan fingerprint density at radius 2 is 1.36 bits per heavy atom. The Bertz CT molecular complexity index is 1750. The molecular formula is C38H32Cl2SiZr. The third kappa shape index (κ3) is 6.79. The first-order valence-corrected chi connectivity index (χ1v) is 21.3. The summed E-state index contributed by atoms with van der Waals surface area (Å²) in [5.41, 5.74) is 10.9. The van der Waals surface area contributed by atoms with Crippen molar-refractivity contribution in [3.05, 3.63) is 139 Å². The SMILES string of the molecule is Cc1ccccc1-c1c(-c2ccccc2)ccc2[cH-]c(C(C)(C)C)cc12.[Cl][Zr+2][Cl].[c-]1cccc2c1[Si]c1ccccc1-2. The van der Waals surface area contributed by atoms with Crippen LogP contribution in [0.2, 0.25) is 0 Å². The first-order chi connectivity index (χ1) is 20.3. The van der Waals surface area contributed by atoms with Gasteiger partial charge in [-0.25, -0.2) is 0 Å². The van der Waals surface area contributed by atoms with Crippen LogP contribution < -0.4 is 10.4 Å². The van der Waals surface area contributed by atoms with E-state index in [2.05, 4.69) is 149 Å². The fourth-order valence-electron chi connectivity index (χ4n) is 5.44. The van der Waals surface area contributed by atoms with Crippen molar-refractivity contribution in [1.82, 2.24) is 0 Å². The monoisotopic (exact) mass is 676 g/mol. The van der Waals surface area contributed by atoms with Crippen molar-refractivity contribution in [3.63, 3.8) is 0 Å². The quantitative estimate of drug-likeness (QED) is 0.126. The number of fused-ring (bicyclic) bond motifs is 4. The summed E-state index contributed by atoms with van der Waals surface area (Å²) >= 11 is -0.826. The Morgan fingerprint density at radius 1 is 0.714 bits per heavy atom. The van der Waals surface area contributed by atoms with Crippen LogP contribution in [-0.4, -0.2) is 9.52 Å². The smallest absolute Gasteiger partial charge is 0.0920 e. The van der Waals surface area contributed by atoms with Gasteiger partial charge in [0.1, 0.15) is 0 Å². The molecule has 4 heteroatoms. The van der Waals surface area contributed by atoms with Crippen molar-refractivity contribution in [2.24, 2.45) is 0 Å². The summed E-state index contributed by atoms with van der Waals surface area (Å²) in [5.74, 6) is 0. The van der Waals surface area contributed by atoms with Gasteiger partial charge in [0.2, 0.25) is 0 Å². The van der Waals surface area contributed by atoms with Gasteiger partial charge in [-0.15, -0.1) is 34.0 Å². The molecule has 206 valence electrons. The van der Waals surface area contributed by atoms with Gasteiger partial charge >= 0.3 is 37.9 Å². The molecule has 0 aromatic heterocycles. The van der Waals surface area contributed by atoms with Gasteiger partial charge in [-0.05, 0) is 34.6 Å². The minimum atomic E-state index is -0.826. The van der Waals surface area contributed by atoms with E-state index in [9.17, 15) is 0 Å². The van der Waals surface area contributed by atoms with Crippen molar-refractivity contribution in [3.8, 4) is 33.4 Å².